The molecule has 0 saturated heterocycles. The largest absolute Gasteiger partial charge is 0.381 e. The Morgan fingerprint density at radius 3 is 1.53 bits per heavy atom. The first kappa shape index (κ1) is 17.9. The van der Waals surface area contributed by atoms with Gasteiger partial charge in [0.1, 0.15) is 0 Å². The van der Waals surface area contributed by atoms with E-state index in [-0.39, 0.29) is 5.41 Å². The summed E-state index contributed by atoms with van der Waals surface area (Å²) in [5.41, 5.74) is 0.128. The van der Waals surface area contributed by atoms with Crippen LogP contribution in [0.1, 0.15) is 39.5 Å². The Kier molecular flexibility index (Phi) is 12.6. The van der Waals surface area contributed by atoms with Gasteiger partial charge in [-0.3, -0.25) is 0 Å². The van der Waals surface area contributed by atoms with Crippen LogP contribution in [0.15, 0.2) is 0 Å². The van der Waals surface area contributed by atoms with E-state index in [2.05, 4.69) is 45.7 Å². The Hall–Kier alpha value is 0.880. The van der Waals surface area contributed by atoms with Crippen LogP contribution in [0.4, 0.5) is 0 Å². The molecule has 0 unspecified atom stereocenters. The number of alkyl halides is 2. The maximum Gasteiger partial charge on any atom is 0.0539 e. The molecule has 0 saturated carbocycles. The Morgan fingerprint density at radius 2 is 1.18 bits per heavy atom. The quantitative estimate of drug-likeness (QED) is 0.373. The van der Waals surface area contributed by atoms with Crippen molar-refractivity contribution in [2.24, 2.45) is 5.41 Å². The van der Waals surface area contributed by atoms with Crippen molar-refractivity contribution in [3.05, 3.63) is 0 Å². The molecule has 0 heterocycles. The van der Waals surface area contributed by atoms with Crippen molar-refractivity contribution in [1.82, 2.24) is 0 Å². The van der Waals surface area contributed by atoms with Crippen LogP contribution >= 0.6 is 31.9 Å². The third-order valence-electron chi connectivity index (χ3n) is 2.33. The first-order chi connectivity index (χ1) is 8.12. The summed E-state index contributed by atoms with van der Waals surface area (Å²) in [5.74, 6) is 0. The van der Waals surface area contributed by atoms with Crippen molar-refractivity contribution in [3.63, 3.8) is 0 Å². The fourth-order valence-corrected chi connectivity index (χ4v) is 2.13. The average Bonchev–Trinajstić information content (AvgIpc) is 2.28. The highest BCUT2D eigenvalue weighted by atomic mass is 79.9. The Labute approximate surface area is 123 Å². The number of halogens is 2. The highest BCUT2D eigenvalue weighted by molar-refractivity contribution is 9.09. The highest BCUT2D eigenvalue weighted by Crippen LogP contribution is 2.16. The van der Waals surface area contributed by atoms with Gasteiger partial charge in [-0.05, 0) is 25.7 Å². The fourth-order valence-electron chi connectivity index (χ4n) is 1.34. The summed E-state index contributed by atoms with van der Waals surface area (Å²) in [6.07, 6.45) is 4.63. The molecular weight excluding hydrogens is 348 g/mol. The van der Waals surface area contributed by atoms with E-state index in [1.165, 1.54) is 12.8 Å². The molecule has 0 aromatic heterocycles. The molecule has 0 aliphatic rings. The molecule has 0 aromatic rings. The lowest BCUT2D eigenvalue weighted by atomic mass is 9.96. The van der Waals surface area contributed by atoms with E-state index < -0.39 is 0 Å². The lowest BCUT2D eigenvalue weighted by Crippen LogP contribution is -2.26. The van der Waals surface area contributed by atoms with E-state index in [9.17, 15) is 0 Å². The van der Waals surface area contributed by atoms with Crippen molar-refractivity contribution in [3.8, 4) is 0 Å². The maximum atomic E-state index is 5.67. The topological polar surface area (TPSA) is 18.5 Å². The monoisotopic (exact) mass is 372 g/mol. The van der Waals surface area contributed by atoms with Gasteiger partial charge in [0, 0.05) is 29.3 Å². The minimum atomic E-state index is 0.128. The smallest absolute Gasteiger partial charge is 0.0539 e. The van der Waals surface area contributed by atoms with Crippen LogP contribution in [-0.2, 0) is 9.47 Å². The predicted molar refractivity (Wildman–Crippen MR) is 81.5 cm³/mol. The normalized spacial score (nSPS) is 12.0. The van der Waals surface area contributed by atoms with Gasteiger partial charge < -0.3 is 9.47 Å². The van der Waals surface area contributed by atoms with Crippen LogP contribution in [0.5, 0.6) is 0 Å². The molecule has 2 nitrogen and oxygen atoms in total. The van der Waals surface area contributed by atoms with Gasteiger partial charge >= 0.3 is 0 Å². The van der Waals surface area contributed by atoms with Gasteiger partial charge in [0.25, 0.3) is 0 Å². The number of hydrogen-bond donors (Lipinski definition) is 0. The number of hydrogen-bond acceptors (Lipinski definition) is 2. The van der Waals surface area contributed by atoms with Crippen LogP contribution < -0.4 is 0 Å². The molecular formula is C13H26Br2O2. The molecule has 0 bridgehead atoms. The molecule has 0 N–H and O–H groups in total. The molecule has 0 amide bonds. The average molecular weight is 374 g/mol. The van der Waals surface area contributed by atoms with Crippen LogP contribution in [0.25, 0.3) is 0 Å². The molecule has 4 heteroatoms. The van der Waals surface area contributed by atoms with Gasteiger partial charge in [-0.25, -0.2) is 0 Å². The summed E-state index contributed by atoms with van der Waals surface area (Å²) >= 11 is 6.83. The Balaban J connectivity index is 3.38. The second kappa shape index (κ2) is 11.9. The molecule has 0 aliphatic carbocycles. The number of unbranched alkanes of at least 4 members (excludes halogenated alkanes) is 2. The van der Waals surface area contributed by atoms with E-state index in [0.717, 1.165) is 49.9 Å². The lowest BCUT2D eigenvalue weighted by Gasteiger charge is -2.24. The zero-order valence-corrected chi connectivity index (χ0v) is 14.3. The van der Waals surface area contributed by atoms with Crippen LogP contribution in [0.3, 0.4) is 0 Å². The molecule has 0 rings (SSSR count). The standard InChI is InChI=1S/C13H26Br2O2/c1-13(2,11-16-9-5-3-7-14)12-17-10-6-4-8-15/h3-12H2,1-2H3. The third-order valence-corrected chi connectivity index (χ3v) is 3.45. The van der Waals surface area contributed by atoms with Crippen LogP contribution in [-0.4, -0.2) is 37.1 Å². The highest BCUT2D eigenvalue weighted by Gasteiger charge is 2.18. The number of ether oxygens (including phenoxy) is 2. The van der Waals surface area contributed by atoms with Gasteiger partial charge in [-0.1, -0.05) is 45.7 Å². The Morgan fingerprint density at radius 1 is 0.765 bits per heavy atom. The molecule has 0 aromatic carbocycles. The zero-order valence-electron chi connectivity index (χ0n) is 11.1. The van der Waals surface area contributed by atoms with Gasteiger partial charge in [-0.15, -0.1) is 0 Å². The zero-order chi connectivity index (χ0) is 13.0. The molecule has 0 radical (unpaired) electrons. The summed E-state index contributed by atoms with van der Waals surface area (Å²) in [4.78, 5) is 0. The summed E-state index contributed by atoms with van der Waals surface area (Å²) in [7, 11) is 0. The van der Waals surface area contributed by atoms with E-state index >= 15 is 0 Å². The van der Waals surface area contributed by atoms with Gasteiger partial charge in [0.15, 0.2) is 0 Å². The van der Waals surface area contributed by atoms with Gasteiger partial charge in [0.2, 0.25) is 0 Å². The second-order valence-electron chi connectivity index (χ2n) is 5.06. The molecule has 0 fully saturated rings. The van der Waals surface area contributed by atoms with E-state index in [0.29, 0.717) is 0 Å². The van der Waals surface area contributed by atoms with E-state index in [1.807, 2.05) is 0 Å². The van der Waals surface area contributed by atoms with Crippen molar-refractivity contribution in [2.75, 3.05) is 37.1 Å². The lowest BCUT2D eigenvalue weighted by molar-refractivity contribution is -0.00449. The predicted octanol–water partition coefficient (Wildman–Crippen LogP) is 4.40. The minimum absolute atomic E-state index is 0.128. The van der Waals surface area contributed by atoms with E-state index in [4.69, 9.17) is 9.47 Å². The summed E-state index contributed by atoms with van der Waals surface area (Å²) in [6.45, 7) is 7.68. The van der Waals surface area contributed by atoms with Crippen LogP contribution in [0.2, 0.25) is 0 Å². The summed E-state index contributed by atoms with van der Waals surface area (Å²) in [5, 5.41) is 2.13. The summed E-state index contributed by atoms with van der Waals surface area (Å²) in [6, 6.07) is 0. The molecule has 0 aliphatic heterocycles. The second-order valence-corrected chi connectivity index (χ2v) is 6.65. The van der Waals surface area contributed by atoms with Gasteiger partial charge in [-0.2, -0.15) is 0 Å². The SMILES string of the molecule is CC(C)(COCCCCBr)COCCCCBr. The summed E-state index contributed by atoms with van der Waals surface area (Å²) < 4.78 is 11.3. The van der Waals surface area contributed by atoms with E-state index in [1.54, 1.807) is 0 Å². The molecule has 17 heavy (non-hydrogen) atoms. The van der Waals surface area contributed by atoms with Crippen molar-refractivity contribution >= 4 is 31.9 Å². The first-order valence-corrected chi connectivity index (χ1v) is 8.64. The van der Waals surface area contributed by atoms with Crippen molar-refractivity contribution in [2.45, 2.75) is 39.5 Å². The van der Waals surface area contributed by atoms with Crippen molar-refractivity contribution in [1.29, 1.82) is 0 Å². The van der Waals surface area contributed by atoms with Crippen molar-refractivity contribution < 1.29 is 9.47 Å². The number of rotatable bonds is 12. The van der Waals surface area contributed by atoms with Gasteiger partial charge in [0.05, 0.1) is 13.2 Å². The fraction of sp³-hybridized carbons (Fsp3) is 1.00. The minimum Gasteiger partial charge on any atom is -0.381 e. The Bertz CT molecular complexity index is 147. The first-order valence-electron chi connectivity index (χ1n) is 6.40. The molecule has 104 valence electrons. The molecule has 0 atom stereocenters. The molecule has 0 spiro atoms. The maximum absolute atomic E-state index is 5.67. The van der Waals surface area contributed by atoms with Crippen LogP contribution in [0, 0.1) is 5.41 Å². The third kappa shape index (κ3) is 13.1.